The third kappa shape index (κ3) is 4.55. The lowest BCUT2D eigenvalue weighted by molar-refractivity contribution is 0.392. The van der Waals surface area contributed by atoms with Crippen LogP contribution in [0.4, 0.5) is 11.4 Å². The molecule has 4 aliphatic rings. The molecule has 4 atom stereocenters. The zero-order valence-electron chi connectivity index (χ0n) is 19.3. The first-order valence-electron chi connectivity index (χ1n) is 11.9. The van der Waals surface area contributed by atoms with Crippen LogP contribution in [-0.4, -0.2) is 50.8 Å². The van der Waals surface area contributed by atoms with Crippen molar-refractivity contribution in [3.63, 3.8) is 0 Å². The van der Waals surface area contributed by atoms with Gasteiger partial charge in [-0.25, -0.2) is 0 Å². The van der Waals surface area contributed by atoms with Gasteiger partial charge in [0, 0.05) is 53.7 Å². The molecule has 4 fully saturated rings. The third-order valence-electron chi connectivity index (χ3n) is 7.25. The molecule has 4 N–H and O–H groups in total. The van der Waals surface area contributed by atoms with Crippen LogP contribution in [0.3, 0.4) is 0 Å². The van der Waals surface area contributed by atoms with E-state index >= 15 is 0 Å². The van der Waals surface area contributed by atoms with Gasteiger partial charge in [0.2, 0.25) is 0 Å². The Hall–Kier alpha value is -2.32. The summed E-state index contributed by atoms with van der Waals surface area (Å²) in [5.74, 6) is 1.68. The highest BCUT2D eigenvalue weighted by Crippen LogP contribution is 2.44. The summed E-state index contributed by atoms with van der Waals surface area (Å²) in [7, 11) is 0. The third-order valence-corrected chi connectivity index (χ3v) is 7.25. The van der Waals surface area contributed by atoms with E-state index in [2.05, 4.69) is 13.8 Å². The van der Waals surface area contributed by atoms with Gasteiger partial charge in [-0.05, 0) is 42.7 Å². The summed E-state index contributed by atoms with van der Waals surface area (Å²) >= 11 is 0. The number of benzene rings is 2. The molecule has 0 bridgehead atoms. The molecule has 176 valence electrons. The van der Waals surface area contributed by atoms with Crippen molar-refractivity contribution >= 4 is 11.4 Å². The molecule has 33 heavy (non-hydrogen) atoms. The standard InChI is InChI=1S/C26H32N2O5/c1-13-20(6-16-10-30-16)25(28)22(8-18-12-32-18)26(21(13)7-17-11-31-17)33-24-4-3-23(27)14(2)19(24)5-15-9-29-15/h3-4,15-18H,5-12,27-28H2,1-2H3. The Morgan fingerprint density at radius 2 is 1.18 bits per heavy atom. The Labute approximate surface area is 194 Å². The van der Waals surface area contributed by atoms with E-state index in [4.69, 9.17) is 35.2 Å². The van der Waals surface area contributed by atoms with Crippen LogP contribution < -0.4 is 16.2 Å². The highest BCUT2D eigenvalue weighted by molar-refractivity contribution is 5.68. The first kappa shape index (κ1) is 21.2. The average molecular weight is 453 g/mol. The zero-order valence-corrected chi connectivity index (χ0v) is 19.3. The Balaban J connectivity index is 1.46. The first-order chi connectivity index (χ1) is 16.0. The summed E-state index contributed by atoms with van der Waals surface area (Å²) in [6.45, 7) is 7.35. The molecule has 2 aromatic carbocycles. The highest BCUT2D eigenvalue weighted by atomic mass is 16.6. The van der Waals surface area contributed by atoms with E-state index in [0.29, 0.717) is 0 Å². The van der Waals surface area contributed by atoms with Gasteiger partial charge in [-0.2, -0.15) is 0 Å². The minimum Gasteiger partial charge on any atom is -0.456 e. The van der Waals surface area contributed by atoms with E-state index in [1.807, 2.05) is 12.1 Å². The van der Waals surface area contributed by atoms with Gasteiger partial charge in [0.05, 0.1) is 50.8 Å². The lowest BCUT2D eigenvalue weighted by atomic mass is 9.88. The fourth-order valence-electron chi connectivity index (χ4n) is 4.74. The van der Waals surface area contributed by atoms with Crippen molar-refractivity contribution in [3.8, 4) is 11.5 Å². The average Bonchev–Trinajstić information content (AvgIpc) is 3.62. The molecule has 7 heteroatoms. The molecular formula is C26H32N2O5. The Morgan fingerprint density at radius 3 is 1.73 bits per heavy atom. The fourth-order valence-corrected chi connectivity index (χ4v) is 4.74. The fraction of sp³-hybridized carbons (Fsp3) is 0.538. The van der Waals surface area contributed by atoms with Gasteiger partial charge in [-0.3, -0.25) is 0 Å². The quantitative estimate of drug-likeness (QED) is 0.421. The Bertz CT molecular complexity index is 1040. The van der Waals surface area contributed by atoms with Crippen molar-refractivity contribution in [2.24, 2.45) is 0 Å². The summed E-state index contributed by atoms with van der Waals surface area (Å²) in [6.07, 6.45) is 4.11. The van der Waals surface area contributed by atoms with Crippen LogP contribution >= 0.6 is 0 Å². The summed E-state index contributed by atoms with van der Waals surface area (Å²) in [5, 5.41) is 0. The predicted octanol–water partition coefficient (Wildman–Crippen LogP) is 3.03. The molecule has 4 aliphatic heterocycles. The Kier molecular flexibility index (Phi) is 5.25. The molecule has 0 aliphatic carbocycles. The predicted molar refractivity (Wildman–Crippen MR) is 125 cm³/mol. The van der Waals surface area contributed by atoms with Crippen LogP contribution in [0, 0.1) is 13.8 Å². The second-order valence-corrected chi connectivity index (χ2v) is 9.80. The van der Waals surface area contributed by atoms with Crippen molar-refractivity contribution in [2.75, 3.05) is 37.9 Å². The topological polar surface area (TPSA) is 111 Å². The number of rotatable bonds is 10. The van der Waals surface area contributed by atoms with Crippen molar-refractivity contribution in [1.29, 1.82) is 0 Å². The molecule has 0 amide bonds. The molecule has 0 saturated carbocycles. The molecule has 7 nitrogen and oxygen atoms in total. The van der Waals surface area contributed by atoms with Gasteiger partial charge in [-0.1, -0.05) is 0 Å². The molecule has 0 radical (unpaired) electrons. The number of nitrogen functional groups attached to an aromatic ring is 2. The maximum Gasteiger partial charge on any atom is 0.136 e. The van der Waals surface area contributed by atoms with Crippen LogP contribution in [0.15, 0.2) is 12.1 Å². The van der Waals surface area contributed by atoms with Crippen LogP contribution in [0.5, 0.6) is 11.5 Å². The maximum absolute atomic E-state index is 6.83. The Morgan fingerprint density at radius 1 is 0.697 bits per heavy atom. The number of hydrogen-bond donors (Lipinski definition) is 2. The minimum atomic E-state index is 0.194. The van der Waals surface area contributed by atoms with Crippen molar-refractivity contribution in [1.82, 2.24) is 0 Å². The lowest BCUT2D eigenvalue weighted by Gasteiger charge is -2.24. The van der Waals surface area contributed by atoms with E-state index in [0.717, 1.165) is 91.7 Å². The minimum absolute atomic E-state index is 0.194. The van der Waals surface area contributed by atoms with Gasteiger partial charge in [0.25, 0.3) is 0 Å². The molecule has 4 unspecified atom stereocenters. The van der Waals surface area contributed by atoms with Crippen LogP contribution in [0.1, 0.15) is 33.4 Å². The summed E-state index contributed by atoms with van der Waals surface area (Å²) in [4.78, 5) is 0. The van der Waals surface area contributed by atoms with Gasteiger partial charge < -0.3 is 35.2 Å². The smallest absolute Gasteiger partial charge is 0.136 e. The van der Waals surface area contributed by atoms with E-state index in [9.17, 15) is 0 Å². The van der Waals surface area contributed by atoms with Crippen molar-refractivity contribution < 1.29 is 23.7 Å². The van der Waals surface area contributed by atoms with Gasteiger partial charge in [0.1, 0.15) is 11.5 Å². The van der Waals surface area contributed by atoms with Gasteiger partial charge in [0.15, 0.2) is 0 Å². The number of epoxide rings is 4. The van der Waals surface area contributed by atoms with Crippen LogP contribution in [0.25, 0.3) is 0 Å². The summed E-state index contributed by atoms with van der Waals surface area (Å²) in [6, 6.07) is 3.90. The molecular weight excluding hydrogens is 420 g/mol. The number of hydrogen-bond acceptors (Lipinski definition) is 7. The molecule has 2 aromatic rings. The van der Waals surface area contributed by atoms with Gasteiger partial charge >= 0.3 is 0 Å². The number of anilines is 2. The second kappa shape index (κ2) is 8.17. The molecule has 0 spiro atoms. The largest absolute Gasteiger partial charge is 0.456 e. The monoisotopic (exact) mass is 452 g/mol. The van der Waals surface area contributed by atoms with Crippen LogP contribution in [-0.2, 0) is 44.6 Å². The molecule has 6 rings (SSSR count). The zero-order chi connectivity index (χ0) is 22.7. The SMILES string of the molecule is Cc1c(N)ccc(Oc2c(CC3CO3)c(C)c(CC3CO3)c(N)c2CC2CO2)c1CC1CO1. The normalized spacial score (nSPS) is 26.8. The summed E-state index contributed by atoms with van der Waals surface area (Å²) in [5.41, 5.74) is 21.4. The second-order valence-electron chi connectivity index (χ2n) is 9.80. The highest BCUT2D eigenvalue weighted by Gasteiger charge is 2.35. The van der Waals surface area contributed by atoms with Crippen molar-refractivity contribution in [3.05, 3.63) is 45.5 Å². The number of ether oxygens (including phenoxy) is 5. The van der Waals surface area contributed by atoms with Gasteiger partial charge in [-0.15, -0.1) is 0 Å². The van der Waals surface area contributed by atoms with Crippen LogP contribution in [0.2, 0.25) is 0 Å². The maximum atomic E-state index is 6.83. The number of nitrogens with two attached hydrogens (primary N) is 2. The first-order valence-corrected chi connectivity index (χ1v) is 11.9. The lowest BCUT2D eigenvalue weighted by Crippen LogP contribution is -2.14. The van der Waals surface area contributed by atoms with E-state index in [1.165, 1.54) is 16.7 Å². The summed E-state index contributed by atoms with van der Waals surface area (Å²) < 4.78 is 29.1. The van der Waals surface area contributed by atoms with E-state index in [-0.39, 0.29) is 24.4 Å². The van der Waals surface area contributed by atoms with E-state index in [1.54, 1.807) is 0 Å². The van der Waals surface area contributed by atoms with Crippen molar-refractivity contribution in [2.45, 2.75) is 63.9 Å². The molecule has 4 saturated heterocycles. The molecule has 4 heterocycles. The molecule has 0 aromatic heterocycles. The van der Waals surface area contributed by atoms with E-state index < -0.39 is 0 Å².